The van der Waals surface area contributed by atoms with Crippen molar-refractivity contribution in [2.75, 3.05) is 11.9 Å². The molecule has 2 aromatic rings. The molecule has 2 rings (SSSR count). The molecule has 0 aliphatic heterocycles. The highest BCUT2D eigenvalue weighted by Gasteiger charge is 2.31. The van der Waals surface area contributed by atoms with Gasteiger partial charge in [-0.15, -0.1) is 13.2 Å². The lowest BCUT2D eigenvalue weighted by molar-refractivity contribution is -0.274. The van der Waals surface area contributed by atoms with E-state index in [9.17, 15) is 27.6 Å². The van der Waals surface area contributed by atoms with E-state index in [-0.39, 0.29) is 17.0 Å². The second kappa shape index (κ2) is 7.94. The van der Waals surface area contributed by atoms with Gasteiger partial charge >= 0.3 is 18.0 Å². The number of hydrogen-bond acceptors (Lipinski definition) is 6. The zero-order valence-electron chi connectivity index (χ0n) is 14.2. The number of aryl methyl sites for hydroxylation is 2. The lowest BCUT2D eigenvalue weighted by Crippen LogP contribution is -2.22. The first-order valence-corrected chi connectivity index (χ1v) is 7.49. The minimum absolute atomic E-state index is 0.0380. The standard InChI is InChI=1S/C17H14F3NO6/c1-9-7-14(23)26-10(2)15(9)16(24)25-8-13(22)21-11-3-5-12(6-4-11)27-17(18,19)20/h3-7H,8H2,1-2H3,(H,21,22). The van der Waals surface area contributed by atoms with Crippen molar-refractivity contribution in [1.82, 2.24) is 0 Å². The van der Waals surface area contributed by atoms with Crippen molar-refractivity contribution in [2.24, 2.45) is 0 Å². The third kappa shape index (κ3) is 5.87. The van der Waals surface area contributed by atoms with Crippen LogP contribution in [-0.4, -0.2) is 24.8 Å². The molecule has 1 amide bonds. The summed E-state index contributed by atoms with van der Waals surface area (Å²) in [5.74, 6) is -1.94. The molecule has 0 aliphatic rings. The predicted octanol–water partition coefficient (Wildman–Crippen LogP) is 2.95. The SMILES string of the molecule is Cc1cc(=O)oc(C)c1C(=O)OCC(=O)Nc1ccc(OC(F)(F)F)cc1. The molecule has 0 atom stereocenters. The molecule has 0 fully saturated rings. The van der Waals surface area contributed by atoms with Gasteiger partial charge in [0.1, 0.15) is 17.1 Å². The van der Waals surface area contributed by atoms with Crippen LogP contribution in [0.2, 0.25) is 0 Å². The Balaban J connectivity index is 1.93. The molecule has 0 aliphatic carbocycles. The first-order valence-electron chi connectivity index (χ1n) is 7.49. The maximum Gasteiger partial charge on any atom is 0.573 e. The van der Waals surface area contributed by atoms with Crippen LogP contribution in [0.4, 0.5) is 18.9 Å². The number of nitrogens with one attached hydrogen (secondary N) is 1. The fourth-order valence-corrected chi connectivity index (χ4v) is 2.20. The van der Waals surface area contributed by atoms with Gasteiger partial charge in [0.25, 0.3) is 5.91 Å². The molecule has 1 N–H and O–H groups in total. The van der Waals surface area contributed by atoms with E-state index in [1.807, 2.05) is 0 Å². The number of benzene rings is 1. The quantitative estimate of drug-likeness (QED) is 0.796. The van der Waals surface area contributed by atoms with E-state index >= 15 is 0 Å². The van der Waals surface area contributed by atoms with Crippen molar-refractivity contribution in [1.29, 1.82) is 0 Å². The Hall–Kier alpha value is -3.30. The van der Waals surface area contributed by atoms with Gasteiger partial charge in [-0.25, -0.2) is 9.59 Å². The Kier molecular flexibility index (Phi) is 5.88. The van der Waals surface area contributed by atoms with Crippen LogP contribution in [0, 0.1) is 13.8 Å². The first kappa shape index (κ1) is 20.0. The maximum atomic E-state index is 12.1. The Labute approximate surface area is 150 Å². The molecule has 10 heteroatoms. The number of esters is 1. The normalized spacial score (nSPS) is 11.0. The molecule has 144 valence electrons. The molecule has 0 saturated carbocycles. The van der Waals surface area contributed by atoms with E-state index in [2.05, 4.69) is 10.1 Å². The number of carbonyl (C=O) groups excluding carboxylic acids is 2. The fraction of sp³-hybridized carbons (Fsp3) is 0.235. The molecular weight excluding hydrogens is 371 g/mol. The van der Waals surface area contributed by atoms with Crippen LogP contribution in [0.15, 0.2) is 39.5 Å². The summed E-state index contributed by atoms with van der Waals surface area (Å²) < 4.78 is 49.6. The van der Waals surface area contributed by atoms with E-state index in [4.69, 9.17) is 9.15 Å². The molecule has 0 radical (unpaired) electrons. The number of alkyl halides is 3. The van der Waals surface area contributed by atoms with E-state index in [0.717, 1.165) is 18.2 Å². The van der Waals surface area contributed by atoms with Gasteiger partial charge in [0.05, 0.1) is 0 Å². The third-order valence-corrected chi connectivity index (χ3v) is 3.24. The van der Waals surface area contributed by atoms with E-state index < -0.39 is 36.2 Å². The van der Waals surface area contributed by atoms with E-state index in [1.165, 1.54) is 26.0 Å². The molecule has 7 nitrogen and oxygen atoms in total. The van der Waals surface area contributed by atoms with Crippen molar-refractivity contribution in [2.45, 2.75) is 20.2 Å². The molecule has 0 unspecified atom stereocenters. The number of carbonyl (C=O) groups is 2. The molecule has 0 bridgehead atoms. The highest BCUT2D eigenvalue weighted by molar-refractivity contribution is 5.96. The smallest absolute Gasteiger partial charge is 0.452 e. The number of hydrogen-bond donors (Lipinski definition) is 1. The molecule has 0 spiro atoms. The van der Waals surface area contributed by atoms with Crippen molar-refractivity contribution in [3.05, 3.63) is 57.6 Å². The molecular formula is C17H14F3NO6. The van der Waals surface area contributed by atoms with Gasteiger partial charge in [0.15, 0.2) is 6.61 Å². The molecule has 27 heavy (non-hydrogen) atoms. The van der Waals surface area contributed by atoms with Crippen molar-refractivity contribution in [3.63, 3.8) is 0 Å². The third-order valence-electron chi connectivity index (χ3n) is 3.24. The summed E-state index contributed by atoms with van der Waals surface area (Å²) in [7, 11) is 0. The number of ether oxygens (including phenoxy) is 2. The van der Waals surface area contributed by atoms with Gasteiger partial charge in [0.2, 0.25) is 0 Å². The van der Waals surface area contributed by atoms with E-state index in [0.29, 0.717) is 5.56 Å². The largest absolute Gasteiger partial charge is 0.573 e. The van der Waals surface area contributed by atoms with Crippen LogP contribution >= 0.6 is 0 Å². The molecule has 0 saturated heterocycles. The van der Waals surface area contributed by atoms with Crippen LogP contribution in [0.25, 0.3) is 0 Å². The van der Waals surface area contributed by atoms with E-state index in [1.54, 1.807) is 0 Å². The summed E-state index contributed by atoms with van der Waals surface area (Å²) in [6.07, 6.45) is -4.81. The maximum absolute atomic E-state index is 12.1. The Morgan fingerprint density at radius 1 is 1.15 bits per heavy atom. The zero-order valence-corrected chi connectivity index (χ0v) is 14.2. The summed E-state index contributed by atoms with van der Waals surface area (Å²) in [5.41, 5.74) is -0.0497. The monoisotopic (exact) mass is 385 g/mol. The minimum Gasteiger partial charge on any atom is -0.452 e. The van der Waals surface area contributed by atoms with Gasteiger partial charge < -0.3 is 19.2 Å². The summed E-state index contributed by atoms with van der Waals surface area (Å²) in [4.78, 5) is 35.1. The Bertz CT molecular complexity index is 876. The van der Waals surface area contributed by atoms with Crippen molar-refractivity contribution in [3.8, 4) is 5.75 Å². The first-order chi connectivity index (χ1) is 12.5. The summed E-state index contributed by atoms with van der Waals surface area (Å²) in [5, 5.41) is 2.35. The van der Waals surface area contributed by atoms with Gasteiger partial charge in [-0.3, -0.25) is 4.79 Å². The average molecular weight is 385 g/mol. The number of rotatable bonds is 5. The second-order valence-corrected chi connectivity index (χ2v) is 5.38. The Morgan fingerprint density at radius 3 is 2.33 bits per heavy atom. The number of anilines is 1. The topological polar surface area (TPSA) is 94.8 Å². The Morgan fingerprint density at radius 2 is 1.78 bits per heavy atom. The molecule has 1 heterocycles. The number of halogens is 3. The predicted molar refractivity (Wildman–Crippen MR) is 86.5 cm³/mol. The minimum atomic E-state index is -4.81. The van der Waals surface area contributed by atoms with Crippen LogP contribution in [0.3, 0.4) is 0 Å². The summed E-state index contributed by atoms with van der Waals surface area (Å²) >= 11 is 0. The van der Waals surface area contributed by atoms with Crippen LogP contribution in [0.1, 0.15) is 21.7 Å². The summed E-state index contributed by atoms with van der Waals surface area (Å²) in [6, 6.07) is 5.55. The lowest BCUT2D eigenvalue weighted by Gasteiger charge is -2.10. The van der Waals surface area contributed by atoms with Gasteiger partial charge in [0, 0.05) is 11.8 Å². The number of amides is 1. The average Bonchev–Trinajstić information content (AvgIpc) is 2.52. The van der Waals surface area contributed by atoms with Crippen molar-refractivity contribution < 1.29 is 36.7 Å². The molecule has 1 aromatic carbocycles. The lowest BCUT2D eigenvalue weighted by atomic mass is 10.1. The highest BCUT2D eigenvalue weighted by atomic mass is 19.4. The fourth-order valence-electron chi connectivity index (χ4n) is 2.20. The van der Waals surface area contributed by atoms with Gasteiger partial charge in [-0.05, 0) is 43.7 Å². The summed E-state index contributed by atoms with van der Waals surface area (Å²) in [6.45, 7) is 2.29. The van der Waals surface area contributed by atoms with Crippen LogP contribution < -0.4 is 15.7 Å². The zero-order chi connectivity index (χ0) is 20.2. The van der Waals surface area contributed by atoms with Gasteiger partial charge in [-0.1, -0.05) is 0 Å². The second-order valence-electron chi connectivity index (χ2n) is 5.38. The highest BCUT2D eigenvalue weighted by Crippen LogP contribution is 2.23. The van der Waals surface area contributed by atoms with Crippen LogP contribution in [0.5, 0.6) is 5.75 Å². The molecule has 1 aromatic heterocycles. The van der Waals surface area contributed by atoms with Gasteiger partial charge in [-0.2, -0.15) is 0 Å². The van der Waals surface area contributed by atoms with Crippen molar-refractivity contribution >= 4 is 17.6 Å². The van der Waals surface area contributed by atoms with Crippen LogP contribution in [-0.2, 0) is 9.53 Å².